The molecule has 0 aliphatic rings. The second kappa shape index (κ2) is 5.50. The lowest BCUT2D eigenvalue weighted by Crippen LogP contribution is -1.99. The average molecular weight is 302 g/mol. The summed E-state index contributed by atoms with van der Waals surface area (Å²) >= 11 is 11.4. The Morgan fingerprint density at radius 3 is 2.47 bits per heavy atom. The first kappa shape index (κ1) is 13.7. The summed E-state index contributed by atoms with van der Waals surface area (Å²) < 4.78 is 18.3. The fourth-order valence-electron chi connectivity index (χ4n) is 1.46. The number of nitrogens with zero attached hydrogens (tertiary/aromatic N) is 1. The van der Waals surface area contributed by atoms with E-state index in [0.29, 0.717) is 23.1 Å². The molecule has 1 heterocycles. The number of hydrogen-bond donors (Lipinski definition) is 2. The highest BCUT2D eigenvalue weighted by Gasteiger charge is 2.09. The lowest BCUT2D eigenvalue weighted by molar-refractivity contribution is 0.401. The van der Waals surface area contributed by atoms with Gasteiger partial charge in [-0.05, 0) is 24.3 Å². The van der Waals surface area contributed by atoms with Crippen LogP contribution in [0.5, 0.6) is 5.88 Å². The van der Waals surface area contributed by atoms with E-state index in [0.717, 1.165) is 0 Å². The maximum atomic E-state index is 13.3. The third kappa shape index (κ3) is 3.00. The Balaban J connectivity index is 2.31. The van der Waals surface area contributed by atoms with Gasteiger partial charge in [0.1, 0.15) is 5.82 Å². The van der Waals surface area contributed by atoms with Crippen LogP contribution in [0.25, 0.3) is 0 Å². The number of ether oxygens (including phenoxy) is 1. The second-order valence-corrected chi connectivity index (χ2v) is 4.49. The summed E-state index contributed by atoms with van der Waals surface area (Å²) in [5, 5.41) is 2.79. The van der Waals surface area contributed by atoms with Crippen LogP contribution in [-0.4, -0.2) is 12.1 Å². The predicted molar refractivity (Wildman–Crippen MR) is 74.9 cm³/mol. The van der Waals surface area contributed by atoms with Gasteiger partial charge in [0.2, 0.25) is 5.88 Å². The van der Waals surface area contributed by atoms with E-state index in [1.165, 1.54) is 19.2 Å². The molecule has 1 aromatic carbocycles. The van der Waals surface area contributed by atoms with E-state index in [2.05, 4.69) is 10.3 Å². The van der Waals surface area contributed by atoms with E-state index in [-0.39, 0.29) is 10.0 Å². The number of benzene rings is 1. The summed E-state index contributed by atoms with van der Waals surface area (Å²) in [7, 11) is 1.47. The van der Waals surface area contributed by atoms with Crippen LogP contribution in [-0.2, 0) is 0 Å². The van der Waals surface area contributed by atoms with Crippen molar-refractivity contribution in [3.8, 4) is 5.88 Å². The van der Waals surface area contributed by atoms with Crippen molar-refractivity contribution in [3.63, 3.8) is 0 Å². The van der Waals surface area contributed by atoms with E-state index >= 15 is 0 Å². The Kier molecular flexibility index (Phi) is 3.97. The van der Waals surface area contributed by atoms with E-state index in [4.69, 9.17) is 33.7 Å². The first-order valence-corrected chi connectivity index (χ1v) is 5.99. The number of aromatic nitrogens is 1. The fourth-order valence-corrected chi connectivity index (χ4v) is 1.95. The molecule has 0 aliphatic carbocycles. The normalized spacial score (nSPS) is 10.3. The van der Waals surface area contributed by atoms with Crippen molar-refractivity contribution in [2.75, 3.05) is 18.2 Å². The van der Waals surface area contributed by atoms with E-state index in [1.54, 1.807) is 12.1 Å². The maximum absolute atomic E-state index is 13.3. The monoisotopic (exact) mass is 301 g/mol. The molecule has 0 fully saturated rings. The van der Waals surface area contributed by atoms with Crippen molar-refractivity contribution < 1.29 is 9.13 Å². The molecule has 0 amide bonds. The number of rotatable bonds is 3. The van der Waals surface area contributed by atoms with Gasteiger partial charge in [-0.3, -0.25) is 0 Å². The van der Waals surface area contributed by atoms with Gasteiger partial charge in [-0.25, -0.2) is 4.39 Å². The first-order chi connectivity index (χ1) is 9.01. The van der Waals surface area contributed by atoms with Gasteiger partial charge >= 0.3 is 0 Å². The Hall–Kier alpha value is -1.72. The molecule has 2 aromatic rings. The molecule has 0 saturated carbocycles. The van der Waals surface area contributed by atoms with Gasteiger partial charge in [0.25, 0.3) is 0 Å². The second-order valence-electron chi connectivity index (χ2n) is 3.67. The summed E-state index contributed by atoms with van der Waals surface area (Å²) in [4.78, 5) is 4.13. The predicted octanol–water partition coefficient (Wildman–Crippen LogP) is 3.86. The number of nitrogens with one attached hydrogen (secondary N) is 1. The molecule has 1 aromatic heterocycles. The minimum Gasteiger partial charge on any atom is -0.479 e. The van der Waals surface area contributed by atoms with Crippen LogP contribution in [0.3, 0.4) is 0 Å². The van der Waals surface area contributed by atoms with E-state index in [1.807, 2.05) is 0 Å². The molecular weight excluding hydrogens is 292 g/mol. The standard InChI is InChI=1S/C12H10Cl2FN3O/c1-19-12-9(16)2-3-10(18-12)17-6-4-7(13)11(15)8(14)5-6/h2-5H,16H2,1H3,(H,17,18). The summed E-state index contributed by atoms with van der Waals surface area (Å²) in [5.74, 6) is 0.117. The van der Waals surface area contributed by atoms with Crippen LogP contribution < -0.4 is 15.8 Å². The number of methoxy groups -OCH3 is 1. The summed E-state index contributed by atoms with van der Waals surface area (Å²) in [5.41, 5.74) is 6.58. The summed E-state index contributed by atoms with van der Waals surface area (Å²) in [6, 6.07) is 6.12. The quantitative estimate of drug-likeness (QED) is 0.845. The number of nitrogens with two attached hydrogens (primary N) is 1. The fraction of sp³-hybridized carbons (Fsp3) is 0.0833. The van der Waals surface area contributed by atoms with E-state index < -0.39 is 5.82 Å². The lowest BCUT2D eigenvalue weighted by atomic mass is 10.3. The van der Waals surface area contributed by atoms with Crippen LogP contribution in [0.4, 0.5) is 21.6 Å². The van der Waals surface area contributed by atoms with Crippen LogP contribution >= 0.6 is 23.2 Å². The van der Waals surface area contributed by atoms with Crippen molar-refractivity contribution in [1.29, 1.82) is 0 Å². The van der Waals surface area contributed by atoms with Crippen molar-refractivity contribution in [2.45, 2.75) is 0 Å². The molecule has 100 valence electrons. The minimum absolute atomic E-state index is 0.0718. The Morgan fingerprint density at radius 1 is 1.26 bits per heavy atom. The van der Waals surface area contributed by atoms with Gasteiger partial charge in [-0.15, -0.1) is 0 Å². The zero-order valence-corrected chi connectivity index (χ0v) is 11.4. The maximum Gasteiger partial charge on any atom is 0.238 e. The van der Waals surface area contributed by atoms with Crippen molar-refractivity contribution in [2.24, 2.45) is 0 Å². The first-order valence-electron chi connectivity index (χ1n) is 5.23. The molecule has 0 radical (unpaired) electrons. The number of halogens is 3. The van der Waals surface area contributed by atoms with Crippen LogP contribution in [0, 0.1) is 5.82 Å². The van der Waals surface area contributed by atoms with Crippen molar-refractivity contribution in [1.82, 2.24) is 4.98 Å². The zero-order valence-electron chi connectivity index (χ0n) is 9.88. The average Bonchev–Trinajstić information content (AvgIpc) is 2.38. The summed E-state index contributed by atoms with van der Waals surface area (Å²) in [6.45, 7) is 0. The van der Waals surface area contributed by atoms with Crippen LogP contribution in [0.15, 0.2) is 24.3 Å². The highest BCUT2D eigenvalue weighted by atomic mass is 35.5. The Morgan fingerprint density at radius 2 is 1.89 bits per heavy atom. The van der Waals surface area contributed by atoms with E-state index in [9.17, 15) is 4.39 Å². The summed E-state index contributed by atoms with van der Waals surface area (Å²) in [6.07, 6.45) is 0. The van der Waals surface area contributed by atoms with Crippen molar-refractivity contribution >= 4 is 40.4 Å². The molecular formula is C12H10Cl2FN3O. The third-order valence-electron chi connectivity index (χ3n) is 2.34. The minimum atomic E-state index is -0.656. The zero-order chi connectivity index (χ0) is 14.0. The Bertz CT molecular complexity index is 599. The third-order valence-corrected chi connectivity index (χ3v) is 2.89. The van der Waals surface area contributed by atoms with Gasteiger partial charge in [0, 0.05) is 5.69 Å². The topological polar surface area (TPSA) is 60.2 Å². The SMILES string of the molecule is COc1nc(Nc2cc(Cl)c(F)c(Cl)c2)ccc1N. The van der Waals surface area contributed by atoms with Gasteiger partial charge in [-0.2, -0.15) is 4.98 Å². The molecule has 0 aliphatic heterocycles. The largest absolute Gasteiger partial charge is 0.479 e. The van der Waals surface area contributed by atoms with Gasteiger partial charge in [0.15, 0.2) is 5.82 Å². The van der Waals surface area contributed by atoms with Crippen LogP contribution in [0.2, 0.25) is 10.0 Å². The van der Waals surface area contributed by atoms with Gasteiger partial charge in [-0.1, -0.05) is 23.2 Å². The van der Waals surface area contributed by atoms with Crippen molar-refractivity contribution in [3.05, 3.63) is 40.1 Å². The van der Waals surface area contributed by atoms with Gasteiger partial charge < -0.3 is 15.8 Å². The molecule has 3 N–H and O–H groups in total. The number of hydrogen-bond acceptors (Lipinski definition) is 4. The molecule has 7 heteroatoms. The Labute approximate surface area is 119 Å². The smallest absolute Gasteiger partial charge is 0.238 e. The lowest BCUT2D eigenvalue weighted by Gasteiger charge is -2.10. The molecule has 2 rings (SSSR count). The molecule has 0 atom stereocenters. The molecule has 19 heavy (non-hydrogen) atoms. The number of nitrogen functional groups attached to an aromatic ring is 1. The van der Waals surface area contributed by atoms with Gasteiger partial charge in [0.05, 0.1) is 22.8 Å². The molecule has 0 unspecified atom stereocenters. The number of pyridine rings is 1. The highest BCUT2D eigenvalue weighted by Crippen LogP contribution is 2.29. The number of anilines is 3. The molecule has 0 bridgehead atoms. The molecule has 0 spiro atoms. The molecule has 4 nitrogen and oxygen atoms in total. The molecule has 0 saturated heterocycles. The van der Waals surface area contributed by atoms with Crippen LogP contribution in [0.1, 0.15) is 0 Å². The highest BCUT2D eigenvalue weighted by molar-refractivity contribution is 6.35.